The van der Waals surface area contributed by atoms with E-state index in [4.69, 9.17) is 16.0 Å². The van der Waals surface area contributed by atoms with Crippen LogP contribution < -0.4 is 5.32 Å². The Morgan fingerprint density at radius 1 is 1.07 bits per heavy atom. The lowest BCUT2D eigenvalue weighted by atomic mass is 10.2. The average Bonchev–Trinajstić information content (AvgIpc) is 3.11. The van der Waals surface area contributed by atoms with Crippen LogP contribution in [0.3, 0.4) is 0 Å². The van der Waals surface area contributed by atoms with Crippen molar-refractivity contribution in [1.29, 1.82) is 0 Å². The summed E-state index contributed by atoms with van der Waals surface area (Å²) in [6.07, 6.45) is 1.39. The van der Waals surface area contributed by atoms with Gasteiger partial charge >= 0.3 is 6.01 Å². The van der Waals surface area contributed by atoms with Crippen molar-refractivity contribution >= 4 is 33.4 Å². The Kier molecular flexibility index (Phi) is 5.08. The Balaban J connectivity index is 1.82. The first kappa shape index (κ1) is 19.1. The monoisotopic (exact) mass is 404 g/mol. The number of hydrogen-bond acceptors (Lipinski definition) is 5. The molecule has 0 saturated carbocycles. The smallest absolute Gasteiger partial charge is 0.301 e. The zero-order valence-corrected chi connectivity index (χ0v) is 16.2. The molecule has 0 saturated heterocycles. The molecule has 140 valence electrons. The summed E-state index contributed by atoms with van der Waals surface area (Å²) in [6.45, 7) is 2.65. The van der Waals surface area contributed by atoms with Gasteiger partial charge in [-0.3, -0.25) is 10.1 Å². The number of oxazole rings is 1. The van der Waals surface area contributed by atoms with Crippen LogP contribution in [0.5, 0.6) is 0 Å². The first-order chi connectivity index (χ1) is 12.7. The molecule has 3 rings (SSSR count). The van der Waals surface area contributed by atoms with Gasteiger partial charge in [0.15, 0.2) is 9.84 Å². The fourth-order valence-corrected chi connectivity index (χ4v) is 3.86. The number of carbonyl (C=O) groups excluding carboxylic acids is 1. The quantitative estimate of drug-likeness (QED) is 0.688. The van der Waals surface area contributed by atoms with Crippen molar-refractivity contribution in [3.05, 3.63) is 65.9 Å². The van der Waals surface area contributed by atoms with Gasteiger partial charge in [-0.05, 0) is 38.1 Å². The fraction of sp³-hybridized carbons (Fsp3) is 0.158. The number of amides is 1. The summed E-state index contributed by atoms with van der Waals surface area (Å²) < 4.78 is 29.3. The van der Waals surface area contributed by atoms with Gasteiger partial charge in [0.05, 0.1) is 4.90 Å². The summed E-state index contributed by atoms with van der Waals surface area (Å²) in [5.41, 5.74) is 1.35. The number of rotatable bonds is 5. The molecule has 0 bridgehead atoms. The van der Waals surface area contributed by atoms with E-state index in [0.717, 1.165) is 5.56 Å². The number of anilines is 1. The van der Waals surface area contributed by atoms with Crippen molar-refractivity contribution in [2.24, 2.45) is 0 Å². The normalized spacial score (nSPS) is 12.0. The van der Waals surface area contributed by atoms with E-state index in [0.29, 0.717) is 10.7 Å². The van der Waals surface area contributed by atoms with E-state index in [2.05, 4.69) is 10.3 Å². The van der Waals surface area contributed by atoms with Gasteiger partial charge in [-0.2, -0.15) is 4.98 Å². The summed E-state index contributed by atoms with van der Waals surface area (Å²) in [5.74, 6) is -0.751. The maximum Gasteiger partial charge on any atom is 0.301 e. The van der Waals surface area contributed by atoms with Crippen LogP contribution in [0.15, 0.2) is 70.2 Å². The third kappa shape index (κ3) is 3.74. The lowest BCUT2D eigenvalue weighted by Gasteiger charge is -2.23. The third-order valence-electron chi connectivity index (χ3n) is 4.14. The Hall–Kier alpha value is -2.64. The number of carbonyl (C=O) groups is 1. The second-order valence-electron chi connectivity index (χ2n) is 6.33. The number of aromatic nitrogens is 1. The van der Waals surface area contributed by atoms with E-state index >= 15 is 0 Å². The predicted molar refractivity (Wildman–Crippen MR) is 103 cm³/mol. The van der Waals surface area contributed by atoms with E-state index in [1.807, 2.05) is 30.3 Å². The lowest BCUT2D eigenvalue weighted by molar-refractivity contribution is -0.118. The highest BCUT2D eigenvalue weighted by Crippen LogP contribution is 2.28. The SMILES string of the molecule is CC(C)(C(=O)Nc1nc(-c2ccccc2)co1)S(=O)(=O)c1ccc(Cl)cc1. The van der Waals surface area contributed by atoms with Crippen molar-refractivity contribution < 1.29 is 17.6 Å². The van der Waals surface area contributed by atoms with Gasteiger partial charge in [0.2, 0.25) is 5.91 Å². The van der Waals surface area contributed by atoms with Crippen LogP contribution in [-0.4, -0.2) is 24.1 Å². The summed E-state index contributed by atoms with van der Waals surface area (Å²) in [4.78, 5) is 16.8. The summed E-state index contributed by atoms with van der Waals surface area (Å²) in [7, 11) is -3.96. The molecule has 2 aromatic carbocycles. The van der Waals surface area contributed by atoms with Gasteiger partial charge in [-0.25, -0.2) is 8.42 Å². The van der Waals surface area contributed by atoms with Crippen molar-refractivity contribution in [3.8, 4) is 11.3 Å². The molecule has 0 aliphatic heterocycles. The van der Waals surface area contributed by atoms with Gasteiger partial charge < -0.3 is 4.42 Å². The van der Waals surface area contributed by atoms with Gasteiger partial charge in [0, 0.05) is 10.6 Å². The average molecular weight is 405 g/mol. The molecule has 0 atom stereocenters. The molecule has 1 heterocycles. The van der Waals surface area contributed by atoms with E-state index in [9.17, 15) is 13.2 Å². The standard InChI is InChI=1S/C19H17ClN2O4S/c1-19(2,27(24,25)15-10-8-14(20)9-11-15)17(23)22-18-21-16(12-26-18)13-6-4-3-5-7-13/h3-12H,1-2H3,(H,21,22,23). The molecule has 8 heteroatoms. The van der Waals surface area contributed by atoms with Crippen molar-refractivity contribution in [2.75, 3.05) is 5.32 Å². The molecule has 0 fully saturated rings. The van der Waals surface area contributed by atoms with Crippen LogP contribution in [0.4, 0.5) is 6.01 Å². The van der Waals surface area contributed by atoms with Gasteiger partial charge in [0.25, 0.3) is 0 Å². The van der Waals surface area contributed by atoms with Gasteiger partial charge in [0.1, 0.15) is 16.7 Å². The molecule has 1 amide bonds. The Morgan fingerprint density at radius 2 is 1.70 bits per heavy atom. The summed E-state index contributed by atoms with van der Waals surface area (Å²) in [6, 6.07) is 14.8. The second kappa shape index (κ2) is 7.17. The molecule has 0 aliphatic carbocycles. The highest BCUT2D eigenvalue weighted by Gasteiger charge is 2.43. The minimum absolute atomic E-state index is 0.00410. The van der Waals surface area contributed by atoms with Crippen molar-refractivity contribution in [1.82, 2.24) is 4.98 Å². The van der Waals surface area contributed by atoms with E-state index < -0.39 is 20.5 Å². The number of nitrogens with zero attached hydrogens (tertiary/aromatic N) is 1. The number of halogens is 1. The highest BCUT2D eigenvalue weighted by molar-refractivity contribution is 7.93. The summed E-state index contributed by atoms with van der Waals surface area (Å²) >= 11 is 5.80. The van der Waals surface area contributed by atoms with Crippen LogP contribution in [0.25, 0.3) is 11.3 Å². The molecule has 6 nitrogen and oxygen atoms in total. The van der Waals surface area contributed by atoms with Crippen LogP contribution in [0.2, 0.25) is 5.02 Å². The molecule has 27 heavy (non-hydrogen) atoms. The van der Waals surface area contributed by atoms with Gasteiger partial charge in [-0.15, -0.1) is 0 Å². The zero-order chi connectivity index (χ0) is 19.7. The largest absolute Gasteiger partial charge is 0.431 e. The molecule has 0 aliphatic rings. The molecule has 0 spiro atoms. The molecular weight excluding hydrogens is 388 g/mol. The van der Waals surface area contributed by atoms with Crippen molar-refractivity contribution in [2.45, 2.75) is 23.5 Å². The minimum Gasteiger partial charge on any atom is -0.431 e. The Bertz CT molecular complexity index is 1060. The number of hydrogen-bond donors (Lipinski definition) is 1. The highest BCUT2D eigenvalue weighted by atomic mass is 35.5. The van der Waals surface area contributed by atoms with E-state index in [1.54, 1.807) is 0 Å². The second-order valence-corrected chi connectivity index (χ2v) is 9.26. The van der Waals surface area contributed by atoms with Gasteiger partial charge in [-0.1, -0.05) is 41.9 Å². The topological polar surface area (TPSA) is 89.3 Å². The van der Waals surface area contributed by atoms with Crippen LogP contribution >= 0.6 is 11.6 Å². The minimum atomic E-state index is -3.96. The predicted octanol–water partition coefficient (Wildman–Crippen LogP) is 4.19. The van der Waals surface area contributed by atoms with Crippen LogP contribution in [0, 0.1) is 0 Å². The van der Waals surface area contributed by atoms with Crippen LogP contribution in [-0.2, 0) is 14.6 Å². The molecule has 0 radical (unpaired) electrons. The van der Waals surface area contributed by atoms with Crippen LogP contribution in [0.1, 0.15) is 13.8 Å². The number of nitrogens with one attached hydrogen (secondary N) is 1. The first-order valence-corrected chi connectivity index (χ1v) is 9.90. The molecular formula is C19H17ClN2O4S. The first-order valence-electron chi connectivity index (χ1n) is 8.04. The van der Waals surface area contributed by atoms with E-state index in [-0.39, 0.29) is 10.9 Å². The van der Waals surface area contributed by atoms with Crippen molar-refractivity contribution in [3.63, 3.8) is 0 Å². The molecule has 1 N–H and O–H groups in total. The fourth-order valence-electron chi connectivity index (χ4n) is 2.35. The Morgan fingerprint density at radius 3 is 2.33 bits per heavy atom. The maximum absolute atomic E-state index is 12.9. The molecule has 3 aromatic rings. The zero-order valence-electron chi connectivity index (χ0n) is 14.6. The molecule has 1 aromatic heterocycles. The summed E-state index contributed by atoms with van der Waals surface area (Å²) in [5, 5.41) is 2.84. The Labute approximate surface area is 162 Å². The maximum atomic E-state index is 12.9. The molecule has 0 unspecified atom stereocenters. The number of benzene rings is 2. The third-order valence-corrected chi connectivity index (χ3v) is 6.81. The van der Waals surface area contributed by atoms with E-state index in [1.165, 1.54) is 44.4 Å². The lowest BCUT2D eigenvalue weighted by Crippen LogP contribution is -2.44. The number of sulfone groups is 1.